The number of hydrogen-bond acceptors (Lipinski definition) is 5. The molecule has 1 aliphatic rings. The third-order valence-electron chi connectivity index (χ3n) is 2.36. The van der Waals surface area contributed by atoms with Crippen molar-refractivity contribution < 1.29 is 4.52 Å². The van der Waals surface area contributed by atoms with E-state index in [4.69, 9.17) is 16.0 Å². The second kappa shape index (κ2) is 2.45. The lowest BCUT2D eigenvalue weighted by Crippen LogP contribution is -2.33. The zero-order valence-corrected chi connectivity index (χ0v) is 6.79. The molecule has 0 unspecified atom stereocenters. The van der Waals surface area contributed by atoms with E-state index in [-0.39, 0.29) is 5.95 Å². The summed E-state index contributed by atoms with van der Waals surface area (Å²) in [4.78, 5) is 3.94. The van der Waals surface area contributed by atoms with Crippen LogP contribution < -0.4 is 11.5 Å². The van der Waals surface area contributed by atoms with E-state index < -0.39 is 5.54 Å². The third kappa shape index (κ3) is 1.06. The van der Waals surface area contributed by atoms with Crippen LogP contribution in [0.1, 0.15) is 31.6 Å². The molecule has 0 aliphatic heterocycles. The van der Waals surface area contributed by atoms with Crippen molar-refractivity contribution in [1.29, 1.82) is 0 Å². The van der Waals surface area contributed by atoms with E-state index in [1.165, 1.54) is 0 Å². The molecule has 0 saturated heterocycles. The molecule has 5 nitrogen and oxygen atoms in total. The van der Waals surface area contributed by atoms with Gasteiger partial charge in [0.2, 0.25) is 5.89 Å². The summed E-state index contributed by atoms with van der Waals surface area (Å²) in [7, 11) is 0. The molecule has 1 aromatic rings. The van der Waals surface area contributed by atoms with Crippen LogP contribution in [0, 0.1) is 0 Å². The van der Waals surface area contributed by atoms with Crippen molar-refractivity contribution in [2.45, 2.75) is 31.2 Å². The van der Waals surface area contributed by atoms with Crippen molar-refractivity contribution in [3.63, 3.8) is 0 Å². The van der Waals surface area contributed by atoms with Crippen LogP contribution in [0.2, 0.25) is 0 Å². The maximum atomic E-state index is 6.04. The summed E-state index contributed by atoms with van der Waals surface area (Å²) in [5, 5.41) is 3.52. The summed E-state index contributed by atoms with van der Waals surface area (Å²) in [6.07, 6.45) is 4.07. The van der Waals surface area contributed by atoms with E-state index >= 15 is 0 Å². The molecule has 0 aromatic carbocycles. The molecule has 0 spiro atoms. The number of nitrogens with zero attached hydrogens (tertiary/aromatic N) is 2. The third-order valence-corrected chi connectivity index (χ3v) is 2.36. The van der Waals surface area contributed by atoms with Gasteiger partial charge in [0.1, 0.15) is 0 Å². The smallest absolute Gasteiger partial charge is 0.260 e. The first-order valence-corrected chi connectivity index (χ1v) is 4.09. The fraction of sp³-hybridized carbons (Fsp3) is 0.714. The minimum absolute atomic E-state index is 0.168. The molecule has 2 rings (SSSR count). The lowest BCUT2D eigenvalue weighted by molar-refractivity contribution is 0.285. The van der Waals surface area contributed by atoms with Gasteiger partial charge in [0.15, 0.2) is 0 Å². The molecule has 1 saturated carbocycles. The molecule has 0 bridgehead atoms. The van der Waals surface area contributed by atoms with Gasteiger partial charge in [0, 0.05) is 0 Å². The van der Waals surface area contributed by atoms with Gasteiger partial charge in [-0.25, -0.2) is 0 Å². The van der Waals surface area contributed by atoms with Crippen LogP contribution in [0.4, 0.5) is 5.95 Å². The first-order chi connectivity index (χ1) is 5.71. The van der Waals surface area contributed by atoms with Gasteiger partial charge in [-0.15, -0.1) is 0 Å². The fourth-order valence-corrected chi connectivity index (χ4v) is 1.66. The largest absolute Gasteiger partial charge is 0.365 e. The Hall–Kier alpha value is -1.10. The molecule has 12 heavy (non-hydrogen) atoms. The minimum atomic E-state index is -0.412. The van der Waals surface area contributed by atoms with E-state index in [0.717, 1.165) is 25.7 Å². The number of aromatic nitrogens is 2. The molecule has 0 atom stereocenters. The highest BCUT2D eigenvalue weighted by Crippen LogP contribution is 2.35. The van der Waals surface area contributed by atoms with Gasteiger partial charge < -0.3 is 16.0 Å². The van der Waals surface area contributed by atoms with Gasteiger partial charge in [-0.2, -0.15) is 4.98 Å². The standard InChI is InChI=1S/C7H12N4O/c8-6-10-5(12-11-6)7(9)3-1-2-4-7/h1-4,9H2,(H2,8,11). The van der Waals surface area contributed by atoms with Crippen molar-refractivity contribution in [3.8, 4) is 0 Å². The Labute approximate surface area is 70.1 Å². The van der Waals surface area contributed by atoms with Crippen LogP contribution in [-0.4, -0.2) is 10.1 Å². The number of rotatable bonds is 1. The Morgan fingerprint density at radius 3 is 2.50 bits per heavy atom. The zero-order chi connectivity index (χ0) is 8.60. The van der Waals surface area contributed by atoms with Crippen LogP contribution in [0.3, 0.4) is 0 Å². The summed E-state index contributed by atoms with van der Waals surface area (Å²) >= 11 is 0. The lowest BCUT2D eigenvalue weighted by Gasteiger charge is -2.16. The average Bonchev–Trinajstić information content (AvgIpc) is 2.59. The number of nitrogens with two attached hydrogens (primary N) is 2. The van der Waals surface area contributed by atoms with Crippen LogP contribution in [0.15, 0.2) is 4.52 Å². The Balaban J connectivity index is 2.28. The fourth-order valence-electron chi connectivity index (χ4n) is 1.66. The Morgan fingerprint density at radius 2 is 2.00 bits per heavy atom. The average molecular weight is 168 g/mol. The molecular formula is C7H12N4O. The van der Waals surface area contributed by atoms with E-state index in [2.05, 4.69) is 10.1 Å². The lowest BCUT2D eigenvalue weighted by atomic mass is 10.00. The molecule has 0 radical (unpaired) electrons. The molecule has 1 aromatic heterocycles. The van der Waals surface area contributed by atoms with Crippen molar-refractivity contribution in [1.82, 2.24) is 10.1 Å². The maximum absolute atomic E-state index is 6.04. The second-order valence-corrected chi connectivity index (χ2v) is 3.32. The topological polar surface area (TPSA) is 91.0 Å². The molecule has 66 valence electrons. The molecule has 1 fully saturated rings. The summed E-state index contributed by atoms with van der Waals surface area (Å²) in [5.74, 6) is 0.652. The Kier molecular flexibility index (Phi) is 1.54. The summed E-state index contributed by atoms with van der Waals surface area (Å²) in [6, 6.07) is 0. The van der Waals surface area contributed by atoms with Crippen molar-refractivity contribution in [3.05, 3.63) is 5.89 Å². The van der Waals surface area contributed by atoms with Crippen molar-refractivity contribution in [2.24, 2.45) is 5.73 Å². The first kappa shape index (κ1) is 7.54. The van der Waals surface area contributed by atoms with Gasteiger partial charge in [-0.1, -0.05) is 12.8 Å². The summed E-state index contributed by atoms with van der Waals surface area (Å²) in [6.45, 7) is 0. The number of hydrogen-bond donors (Lipinski definition) is 2. The Bertz CT molecular complexity index is 277. The van der Waals surface area contributed by atoms with Gasteiger partial charge >= 0.3 is 0 Å². The van der Waals surface area contributed by atoms with E-state index in [0.29, 0.717) is 5.89 Å². The van der Waals surface area contributed by atoms with Crippen LogP contribution in [0.25, 0.3) is 0 Å². The summed E-state index contributed by atoms with van der Waals surface area (Å²) in [5.41, 5.74) is 11.0. The monoisotopic (exact) mass is 168 g/mol. The van der Waals surface area contributed by atoms with Crippen LogP contribution in [0.5, 0.6) is 0 Å². The predicted molar refractivity (Wildman–Crippen MR) is 43.0 cm³/mol. The van der Waals surface area contributed by atoms with Gasteiger partial charge in [-0.05, 0) is 18.0 Å². The minimum Gasteiger partial charge on any atom is -0.365 e. The molecule has 0 amide bonds. The highest BCUT2D eigenvalue weighted by molar-refractivity contribution is 5.15. The van der Waals surface area contributed by atoms with Gasteiger partial charge in [0.05, 0.1) is 5.54 Å². The van der Waals surface area contributed by atoms with Crippen molar-refractivity contribution in [2.75, 3.05) is 5.73 Å². The zero-order valence-electron chi connectivity index (χ0n) is 6.79. The van der Waals surface area contributed by atoms with Gasteiger partial charge in [-0.3, -0.25) is 0 Å². The highest BCUT2D eigenvalue weighted by Gasteiger charge is 2.36. The van der Waals surface area contributed by atoms with Crippen LogP contribution in [-0.2, 0) is 5.54 Å². The highest BCUT2D eigenvalue weighted by atomic mass is 16.5. The van der Waals surface area contributed by atoms with Gasteiger partial charge in [0.25, 0.3) is 5.95 Å². The normalized spacial score (nSPS) is 21.4. The second-order valence-electron chi connectivity index (χ2n) is 3.32. The molecule has 5 heteroatoms. The number of nitrogen functional groups attached to an aromatic ring is 1. The molecule has 4 N–H and O–H groups in total. The molecule has 1 aliphatic carbocycles. The Morgan fingerprint density at radius 1 is 1.33 bits per heavy atom. The van der Waals surface area contributed by atoms with E-state index in [1.54, 1.807) is 0 Å². The predicted octanol–water partition coefficient (Wildman–Crippen LogP) is 0.380. The quantitative estimate of drug-likeness (QED) is 0.632. The molecule has 1 heterocycles. The SMILES string of the molecule is Nc1noc(C2(N)CCCC2)n1. The van der Waals surface area contributed by atoms with E-state index in [9.17, 15) is 0 Å². The summed E-state index contributed by atoms with van der Waals surface area (Å²) < 4.78 is 4.94. The van der Waals surface area contributed by atoms with Crippen LogP contribution >= 0.6 is 0 Å². The molecular weight excluding hydrogens is 156 g/mol. The van der Waals surface area contributed by atoms with E-state index in [1.807, 2.05) is 0 Å². The van der Waals surface area contributed by atoms with Crippen molar-refractivity contribution >= 4 is 5.95 Å². The maximum Gasteiger partial charge on any atom is 0.260 e. The first-order valence-electron chi connectivity index (χ1n) is 4.09. The number of anilines is 1.